The zero-order valence-electron chi connectivity index (χ0n) is 13.8. The summed E-state index contributed by atoms with van der Waals surface area (Å²) in [5, 5.41) is 3.51. The van der Waals surface area contributed by atoms with Crippen LogP contribution in [0.2, 0.25) is 10.0 Å². The molecule has 134 valence electrons. The molecule has 25 heavy (non-hydrogen) atoms. The standard InChI is InChI=1S/C17H18Cl2N2O4/c1-3-24-17(23)12-6-7-25-15(12)9-21(2)10-16(22)20-11-4-5-13(18)14(19)8-11/h4-8H,3,9-10H2,1-2H3,(H,20,22). The first-order chi connectivity index (χ1) is 11.9. The van der Waals surface area contributed by atoms with Crippen LogP contribution in [0.3, 0.4) is 0 Å². The number of likely N-dealkylation sites (N-methyl/N-ethyl adjacent to an activating group) is 1. The number of rotatable bonds is 7. The lowest BCUT2D eigenvalue weighted by Gasteiger charge is -2.15. The van der Waals surface area contributed by atoms with Gasteiger partial charge in [0.1, 0.15) is 11.3 Å². The first-order valence-corrected chi connectivity index (χ1v) is 8.33. The summed E-state index contributed by atoms with van der Waals surface area (Å²) in [7, 11) is 1.74. The lowest BCUT2D eigenvalue weighted by atomic mass is 10.2. The fraction of sp³-hybridized carbons (Fsp3) is 0.294. The number of hydrogen-bond acceptors (Lipinski definition) is 5. The minimum atomic E-state index is -0.445. The summed E-state index contributed by atoms with van der Waals surface area (Å²) in [6.07, 6.45) is 1.42. The van der Waals surface area contributed by atoms with E-state index in [2.05, 4.69) is 5.32 Å². The van der Waals surface area contributed by atoms with Crippen molar-refractivity contribution in [1.29, 1.82) is 0 Å². The maximum atomic E-state index is 12.1. The fourth-order valence-corrected chi connectivity index (χ4v) is 2.47. The predicted octanol–water partition coefficient (Wildman–Crippen LogP) is 3.83. The molecule has 1 aromatic heterocycles. The van der Waals surface area contributed by atoms with Crippen molar-refractivity contribution in [1.82, 2.24) is 4.90 Å². The largest absolute Gasteiger partial charge is 0.467 e. The van der Waals surface area contributed by atoms with E-state index < -0.39 is 5.97 Å². The van der Waals surface area contributed by atoms with E-state index >= 15 is 0 Å². The van der Waals surface area contributed by atoms with Crippen molar-refractivity contribution in [2.75, 3.05) is 25.5 Å². The average molecular weight is 385 g/mol. The fourth-order valence-electron chi connectivity index (χ4n) is 2.17. The topological polar surface area (TPSA) is 71.8 Å². The molecule has 0 aliphatic rings. The number of carbonyl (C=O) groups excluding carboxylic acids is 2. The molecule has 0 spiro atoms. The molecule has 0 fully saturated rings. The molecule has 0 aliphatic carbocycles. The molecule has 0 saturated heterocycles. The van der Waals surface area contributed by atoms with E-state index in [9.17, 15) is 9.59 Å². The molecule has 0 radical (unpaired) electrons. The van der Waals surface area contributed by atoms with E-state index in [1.54, 1.807) is 43.1 Å². The lowest BCUT2D eigenvalue weighted by molar-refractivity contribution is -0.117. The molecule has 0 bridgehead atoms. The minimum absolute atomic E-state index is 0.100. The van der Waals surface area contributed by atoms with Gasteiger partial charge in [-0.05, 0) is 38.2 Å². The van der Waals surface area contributed by atoms with Crippen LogP contribution in [0.25, 0.3) is 0 Å². The van der Waals surface area contributed by atoms with E-state index in [4.69, 9.17) is 32.4 Å². The Morgan fingerprint density at radius 1 is 1.24 bits per heavy atom. The van der Waals surface area contributed by atoms with Crippen molar-refractivity contribution in [2.45, 2.75) is 13.5 Å². The second-order valence-corrected chi connectivity index (χ2v) is 6.14. The predicted molar refractivity (Wildman–Crippen MR) is 96.1 cm³/mol. The summed E-state index contributed by atoms with van der Waals surface area (Å²) in [4.78, 5) is 25.7. The van der Waals surface area contributed by atoms with Gasteiger partial charge in [-0.25, -0.2) is 4.79 Å². The van der Waals surface area contributed by atoms with Crippen LogP contribution < -0.4 is 5.32 Å². The zero-order chi connectivity index (χ0) is 18.4. The van der Waals surface area contributed by atoms with Crippen molar-refractivity contribution in [2.24, 2.45) is 0 Å². The third-order valence-electron chi connectivity index (χ3n) is 3.27. The van der Waals surface area contributed by atoms with Gasteiger partial charge >= 0.3 is 5.97 Å². The number of hydrogen-bond donors (Lipinski definition) is 1. The maximum absolute atomic E-state index is 12.1. The third-order valence-corrected chi connectivity index (χ3v) is 4.01. The molecule has 2 aromatic rings. The number of halogens is 2. The number of nitrogens with zero attached hydrogens (tertiary/aromatic N) is 1. The first kappa shape index (κ1) is 19.3. The molecule has 1 heterocycles. The molecule has 6 nitrogen and oxygen atoms in total. The number of esters is 1. The second kappa shape index (κ2) is 8.89. The van der Waals surface area contributed by atoms with Crippen LogP contribution in [-0.4, -0.2) is 37.0 Å². The van der Waals surface area contributed by atoms with Gasteiger partial charge in [-0.1, -0.05) is 23.2 Å². The molecular weight excluding hydrogens is 367 g/mol. The van der Waals surface area contributed by atoms with Gasteiger partial charge in [-0.3, -0.25) is 9.69 Å². The summed E-state index contributed by atoms with van der Waals surface area (Å²) < 4.78 is 10.3. The summed E-state index contributed by atoms with van der Waals surface area (Å²) in [5.41, 5.74) is 0.914. The highest BCUT2D eigenvalue weighted by atomic mass is 35.5. The highest BCUT2D eigenvalue weighted by Gasteiger charge is 2.18. The molecule has 1 N–H and O–H groups in total. The Morgan fingerprint density at radius 2 is 2.00 bits per heavy atom. The van der Waals surface area contributed by atoms with Gasteiger partial charge in [0.05, 0.1) is 36.0 Å². The van der Waals surface area contributed by atoms with Gasteiger partial charge in [0.2, 0.25) is 5.91 Å². The zero-order valence-corrected chi connectivity index (χ0v) is 15.4. The Kier molecular flexibility index (Phi) is 6.87. The molecule has 0 unspecified atom stereocenters. The molecule has 1 amide bonds. The van der Waals surface area contributed by atoms with E-state index in [0.29, 0.717) is 27.1 Å². The summed E-state index contributed by atoms with van der Waals surface area (Å²) in [6.45, 7) is 2.40. The van der Waals surface area contributed by atoms with Crippen molar-refractivity contribution in [3.8, 4) is 0 Å². The number of carbonyl (C=O) groups is 2. The average Bonchev–Trinajstić information content (AvgIpc) is 2.99. The van der Waals surface area contributed by atoms with Crippen LogP contribution in [0, 0.1) is 0 Å². The molecular formula is C17H18Cl2N2O4. The molecule has 0 aliphatic heterocycles. The number of ether oxygens (including phenoxy) is 1. The number of amides is 1. The van der Waals surface area contributed by atoms with Gasteiger partial charge < -0.3 is 14.5 Å². The smallest absolute Gasteiger partial charge is 0.341 e. The van der Waals surface area contributed by atoms with Crippen LogP contribution in [0.5, 0.6) is 0 Å². The van der Waals surface area contributed by atoms with E-state index in [0.717, 1.165) is 0 Å². The molecule has 8 heteroatoms. The minimum Gasteiger partial charge on any atom is -0.467 e. The van der Waals surface area contributed by atoms with Gasteiger partial charge in [0, 0.05) is 5.69 Å². The van der Waals surface area contributed by atoms with E-state index in [1.165, 1.54) is 6.26 Å². The Balaban J connectivity index is 1.92. The van der Waals surface area contributed by atoms with Gasteiger partial charge in [-0.2, -0.15) is 0 Å². The monoisotopic (exact) mass is 384 g/mol. The van der Waals surface area contributed by atoms with Crippen LogP contribution in [-0.2, 0) is 16.1 Å². The summed E-state index contributed by atoms with van der Waals surface area (Å²) in [6, 6.07) is 6.40. The molecule has 0 atom stereocenters. The van der Waals surface area contributed by atoms with Gasteiger partial charge in [0.25, 0.3) is 0 Å². The Morgan fingerprint density at radius 3 is 2.68 bits per heavy atom. The van der Waals surface area contributed by atoms with E-state index in [1.807, 2.05) is 0 Å². The van der Waals surface area contributed by atoms with Crippen LogP contribution in [0.15, 0.2) is 34.9 Å². The third kappa shape index (κ3) is 5.49. The SMILES string of the molecule is CCOC(=O)c1ccoc1CN(C)CC(=O)Nc1ccc(Cl)c(Cl)c1. The highest BCUT2D eigenvalue weighted by molar-refractivity contribution is 6.42. The molecule has 2 rings (SSSR count). The summed E-state index contributed by atoms with van der Waals surface area (Å²) >= 11 is 11.8. The maximum Gasteiger partial charge on any atom is 0.341 e. The normalized spacial score (nSPS) is 10.8. The van der Waals surface area contributed by atoms with E-state index in [-0.39, 0.29) is 25.6 Å². The van der Waals surface area contributed by atoms with Crippen LogP contribution >= 0.6 is 23.2 Å². The number of nitrogens with one attached hydrogen (secondary N) is 1. The summed E-state index contributed by atoms with van der Waals surface area (Å²) in [5.74, 6) is -0.228. The quantitative estimate of drug-likeness (QED) is 0.734. The molecule has 0 saturated carbocycles. The number of furan rings is 1. The Hall–Kier alpha value is -2.02. The van der Waals surface area contributed by atoms with Gasteiger partial charge in [-0.15, -0.1) is 0 Å². The van der Waals surface area contributed by atoms with Crippen molar-refractivity contribution < 1.29 is 18.7 Å². The van der Waals surface area contributed by atoms with Crippen LogP contribution in [0.4, 0.5) is 5.69 Å². The Labute approximate surface area is 155 Å². The molecule has 1 aromatic carbocycles. The first-order valence-electron chi connectivity index (χ1n) is 7.57. The van der Waals surface area contributed by atoms with Crippen molar-refractivity contribution in [3.63, 3.8) is 0 Å². The lowest BCUT2D eigenvalue weighted by Crippen LogP contribution is -2.30. The second-order valence-electron chi connectivity index (χ2n) is 5.33. The highest BCUT2D eigenvalue weighted by Crippen LogP contribution is 2.25. The van der Waals surface area contributed by atoms with Crippen molar-refractivity contribution >= 4 is 40.8 Å². The van der Waals surface area contributed by atoms with Gasteiger partial charge in [0.15, 0.2) is 0 Å². The number of benzene rings is 1. The van der Waals surface area contributed by atoms with Crippen molar-refractivity contribution in [3.05, 3.63) is 51.9 Å². The van der Waals surface area contributed by atoms with Crippen LogP contribution in [0.1, 0.15) is 23.0 Å². The number of anilines is 1. The Bertz CT molecular complexity index is 761.